The van der Waals surface area contributed by atoms with Crippen LogP contribution >= 0.6 is 11.3 Å². The Labute approximate surface area is 153 Å². The van der Waals surface area contributed by atoms with E-state index in [-0.39, 0.29) is 11.3 Å². The predicted octanol–water partition coefficient (Wildman–Crippen LogP) is 2.49. The Balaban J connectivity index is 2.00. The van der Waals surface area contributed by atoms with Crippen LogP contribution in [0.2, 0.25) is 0 Å². The molecule has 0 fully saturated rings. The molecule has 138 valence electrons. The van der Waals surface area contributed by atoms with Gasteiger partial charge in [-0.3, -0.25) is 9.48 Å². The molecule has 3 rings (SSSR count). The lowest BCUT2D eigenvalue weighted by atomic mass is 10.1. The predicted molar refractivity (Wildman–Crippen MR) is 95.0 cm³/mol. The number of amides is 1. The zero-order valence-electron chi connectivity index (χ0n) is 14.5. The fraction of sp³-hybridized carbons (Fsp3) is 0.412. The van der Waals surface area contributed by atoms with Crippen molar-refractivity contribution in [2.75, 3.05) is 12.4 Å². The van der Waals surface area contributed by atoms with Gasteiger partial charge in [0.25, 0.3) is 5.91 Å². The summed E-state index contributed by atoms with van der Waals surface area (Å²) in [5.41, 5.74) is 1.04. The smallest absolute Gasteiger partial charge is 0.341 e. The van der Waals surface area contributed by atoms with Gasteiger partial charge >= 0.3 is 11.9 Å². The number of carboxylic acids is 1. The molecule has 0 spiro atoms. The monoisotopic (exact) mass is 377 g/mol. The highest BCUT2D eigenvalue weighted by atomic mass is 32.1. The molecular weight excluding hydrogens is 358 g/mol. The summed E-state index contributed by atoms with van der Waals surface area (Å²) in [6, 6.07) is 0. The Morgan fingerprint density at radius 1 is 1.27 bits per heavy atom. The number of anilines is 1. The van der Waals surface area contributed by atoms with E-state index >= 15 is 0 Å². The van der Waals surface area contributed by atoms with E-state index in [0.29, 0.717) is 10.6 Å². The maximum Gasteiger partial charge on any atom is 0.341 e. The van der Waals surface area contributed by atoms with Crippen LogP contribution in [0.25, 0.3) is 0 Å². The van der Waals surface area contributed by atoms with Crippen LogP contribution in [0.1, 0.15) is 60.9 Å². The second-order valence-electron chi connectivity index (χ2n) is 6.05. The van der Waals surface area contributed by atoms with Crippen LogP contribution in [-0.4, -0.2) is 39.8 Å². The molecule has 0 atom stereocenters. The van der Waals surface area contributed by atoms with Crippen LogP contribution in [0.15, 0.2) is 6.20 Å². The van der Waals surface area contributed by atoms with E-state index in [1.165, 1.54) is 30.2 Å². The molecule has 1 aliphatic rings. The van der Waals surface area contributed by atoms with E-state index in [1.54, 1.807) is 0 Å². The molecule has 0 saturated heterocycles. The van der Waals surface area contributed by atoms with Gasteiger partial charge in [-0.25, -0.2) is 9.59 Å². The summed E-state index contributed by atoms with van der Waals surface area (Å²) in [6.45, 7) is 0. The number of methoxy groups -OCH3 is 1. The maximum absolute atomic E-state index is 12.7. The zero-order chi connectivity index (χ0) is 18.8. The lowest BCUT2D eigenvalue weighted by Crippen LogP contribution is -2.20. The average Bonchev–Trinajstić information content (AvgIpc) is 3.06. The topological polar surface area (TPSA) is 111 Å². The number of aromatic carboxylic acids is 1. The van der Waals surface area contributed by atoms with Crippen LogP contribution in [0, 0.1) is 0 Å². The number of carboxylic acid groups (broad SMARTS) is 1. The average molecular weight is 377 g/mol. The maximum atomic E-state index is 12.7. The highest BCUT2D eigenvalue weighted by Gasteiger charge is 2.28. The quantitative estimate of drug-likeness (QED) is 0.626. The van der Waals surface area contributed by atoms with Crippen LogP contribution < -0.4 is 5.32 Å². The van der Waals surface area contributed by atoms with E-state index < -0.39 is 17.8 Å². The first kappa shape index (κ1) is 18.1. The minimum absolute atomic E-state index is 0.0723. The molecule has 9 heteroatoms. The summed E-state index contributed by atoms with van der Waals surface area (Å²) in [5.74, 6) is -2.36. The van der Waals surface area contributed by atoms with Gasteiger partial charge in [-0.2, -0.15) is 5.10 Å². The Hall–Kier alpha value is -2.68. The third-order valence-electron chi connectivity index (χ3n) is 4.42. The van der Waals surface area contributed by atoms with Crippen LogP contribution in [0.3, 0.4) is 0 Å². The SMILES string of the molecule is COC(=O)c1c(NC(=O)c2c(C(=O)O)cnn2C)sc2c1CCCCC2. The number of rotatable bonds is 4. The molecule has 0 unspecified atom stereocenters. The van der Waals surface area contributed by atoms with Crippen molar-refractivity contribution >= 4 is 34.2 Å². The summed E-state index contributed by atoms with van der Waals surface area (Å²) in [5, 5.41) is 16.2. The molecule has 0 radical (unpaired) electrons. The van der Waals surface area contributed by atoms with Gasteiger partial charge in [0.15, 0.2) is 0 Å². The van der Waals surface area contributed by atoms with Gasteiger partial charge in [-0.05, 0) is 31.2 Å². The first-order valence-corrected chi connectivity index (χ1v) is 9.05. The number of aromatic nitrogens is 2. The fourth-order valence-corrected chi connectivity index (χ4v) is 4.45. The van der Waals surface area contributed by atoms with E-state index in [4.69, 9.17) is 4.74 Å². The number of hydrogen-bond donors (Lipinski definition) is 2. The highest BCUT2D eigenvalue weighted by Crippen LogP contribution is 2.38. The summed E-state index contributed by atoms with van der Waals surface area (Å²) in [7, 11) is 2.80. The normalized spacial score (nSPS) is 13.6. The number of aryl methyl sites for hydroxylation is 2. The minimum Gasteiger partial charge on any atom is -0.478 e. The summed E-state index contributed by atoms with van der Waals surface area (Å²) in [6.07, 6.45) is 5.85. The highest BCUT2D eigenvalue weighted by molar-refractivity contribution is 7.17. The molecule has 0 aliphatic heterocycles. The standard InChI is InChI=1S/C17H19N3O5S/c1-20-13(10(8-18-20)16(22)23)14(21)19-15-12(17(24)25-2)9-6-4-3-5-7-11(9)26-15/h8H,3-7H2,1-2H3,(H,19,21)(H,22,23). The Morgan fingerprint density at radius 3 is 2.69 bits per heavy atom. The van der Waals surface area contributed by atoms with Crippen LogP contribution in [0.4, 0.5) is 5.00 Å². The van der Waals surface area contributed by atoms with Gasteiger partial charge in [0, 0.05) is 11.9 Å². The van der Waals surface area contributed by atoms with E-state index in [9.17, 15) is 19.5 Å². The first-order valence-electron chi connectivity index (χ1n) is 8.23. The molecule has 8 nitrogen and oxygen atoms in total. The van der Waals surface area contributed by atoms with Gasteiger partial charge in [-0.1, -0.05) is 6.42 Å². The zero-order valence-corrected chi connectivity index (χ0v) is 15.3. The fourth-order valence-electron chi connectivity index (χ4n) is 3.17. The Kier molecular flexibility index (Phi) is 5.08. The van der Waals surface area contributed by atoms with Crippen molar-refractivity contribution in [2.24, 2.45) is 7.05 Å². The molecule has 2 aromatic rings. The van der Waals surface area contributed by atoms with Crippen molar-refractivity contribution in [3.8, 4) is 0 Å². The van der Waals surface area contributed by atoms with Crippen molar-refractivity contribution in [3.63, 3.8) is 0 Å². The second kappa shape index (κ2) is 7.28. The molecule has 1 amide bonds. The molecule has 0 saturated carbocycles. The molecule has 0 bridgehead atoms. The number of carbonyl (C=O) groups is 3. The van der Waals surface area contributed by atoms with Crippen molar-refractivity contribution in [1.29, 1.82) is 0 Å². The number of nitrogens with zero attached hydrogens (tertiary/aromatic N) is 2. The molecule has 26 heavy (non-hydrogen) atoms. The van der Waals surface area contributed by atoms with Crippen molar-refractivity contribution < 1.29 is 24.2 Å². The molecular formula is C17H19N3O5S. The second-order valence-corrected chi connectivity index (χ2v) is 7.16. The number of esters is 1. The molecule has 2 N–H and O–H groups in total. The number of ether oxygens (including phenoxy) is 1. The van der Waals surface area contributed by atoms with E-state index in [0.717, 1.165) is 48.7 Å². The summed E-state index contributed by atoms with van der Waals surface area (Å²) < 4.78 is 6.11. The Bertz CT molecular complexity index is 883. The molecule has 1 aliphatic carbocycles. The van der Waals surface area contributed by atoms with E-state index in [1.807, 2.05) is 0 Å². The van der Waals surface area contributed by atoms with Gasteiger partial charge < -0.3 is 15.2 Å². The number of nitrogens with one attached hydrogen (secondary N) is 1. The molecule has 2 heterocycles. The third kappa shape index (κ3) is 3.22. The van der Waals surface area contributed by atoms with E-state index in [2.05, 4.69) is 10.4 Å². The van der Waals surface area contributed by atoms with Gasteiger partial charge in [0.2, 0.25) is 0 Å². The number of thiophene rings is 1. The van der Waals surface area contributed by atoms with Crippen molar-refractivity contribution in [2.45, 2.75) is 32.1 Å². The van der Waals surface area contributed by atoms with Gasteiger partial charge in [-0.15, -0.1) is 11.3 Å². The van der Waals surface area contributed by atoms with Gasteiger partial charge in [0.05, 0.1) is 18.9 Å². The number of fused-ring (bicyclic) bond motifs is 1. The third-order valence-corrected chi connectivity index (χ3v) is 5.63. The lowest BCUT2D eigenvalue weighted by Gasteiger charge is -2.08. The lowest BCUT2D eigenvalue weighted by molar-refractivity contribution is 0.0600. The number of carbonyl (C=O) groups excluding carboxylic acids is 2. The van der Waals surface area contributed by atoms with Crippen LogP contribution in [0.5, 0.6) is 0 Å². The first-order chi connectivity index (χ1) is 12.4. The largest absolute Gasteiger partial charge is 0.478 e. The summed E-state index contributed by atoms with van der Waals surface area (Å²) >= 11 is 1.35. The van der Waals surface area contributed by atoms with Gasteiger partial charge in [0.1, 0.15) is 16.3 Å². The minimum atomic E-state index is -1.24. The van der Waals surface area contributed by atoms with Crippen molar-refractivity contribution in [1.82, 2.24) is 9.78 Å². The summed E-state index contributed by atoms with van der Waals surface area (Å²) in [4.78, 5) is 37.4. The van der Waals surface area contributed by atoms with Crippen LogP contribution in [-0.2, 0) is 24.6 Å². The van der Waals surface area contributed by atoms with Crippen molar-refractivity contribution in [3.05, 3.63) is 33.5 Å². The molecule has 0 aromatic carbocycles. The molecule has 2 aromatic heterocycles. The Morgan fingerprint density at radius 2 is 2.00 bits per heavy atom. The number of hydrogen-bond acceptors (Lipinski definition) is 6.